The molecule has 1 aliphatic rings. The van der Waals surface area contributed by atoms with Crippen molar-refractivity contribution < 1.29 is 27.8 Å². The Hall–Kier alpha value is -2.22. The summed E-state index contributed by atoms with van der Waals surface area (Å²) in [6, 6.07) is 8.01. The van der Waals surface area contributed by atoms with Crippen molar-refractivity contribution in [3.8, 4) is 5.75 Å². The summed E-state index contributed by atoms with van der Waals surface area (Å²) in [4.78, 5) is 2.88. The molecule has 154 valence electrons. The lowest BCUT2D eigenvalue weighted by Crippen LogP contribution is -2.48. The Morgan fingerprint density at radius 1 is 1.38 bits per heavy atom. The summed E-state index contributed by atoms with van der Waals surface area (Å²) in [5, 5.41) is 20.4. The van der Waals surface area contributed by atoms with Crippen LogP contribution in [-0.4, -0.2) is 54.3 Å². The molecule has 10 heteroatoms. The number of rotatable bonds is 5. The van der Waals surface area contributed by atoms with E-state index in [2.05, 4.69) is 4.85 Å². The van der Waals surface area contributed by atoms with Crippen molar-refractivity contribution in [2.75, 3.05) is 19.7 Å². The van der Waals surface area contributed by atoms with Gasteiger partial charge in [0.1, 0.15) is 28.2 Å². The van der Waals surface area contributed by atoms with Crippen LogP contribution in [0.3, 0.4) is 0 Å². The second-order valence-electron chi connectivity index (χ2n) is 6.82. The molecule has 2 atom stereocenters. The van der Waals surface area contributed by atoms with Gasteiger partial charge < -0.3 is 14.9 Å². The predicted molar refractivity (Wildman–Crippen MR) is 104 cm³/mol. The summed E-state index contributed by atoms with van der Waals surface area (Å²) in [6.45, 7) is 7.16. The van der Waals surface area contributed by atoms with Crippen LogP contribution < -0.4 is 4.74 Å². The maximum Gasteiger partial charge on any atom is 0.244 e. The van der Waals surface area contributed by atoms with Gasteiger partial charge in [-0.25, -0.2) is 17.7 Å². The molecule has 2 N–H and O–H groups in total. The lowest BCUT2D eigenvalue weighted by atomic mass is 10.0. The van der Waals surface area contributed by atoms with Crippen molar-refractivity contribution >= 4 is 27.3 Å². The lowest BCUT2D eigenvalue weighted by Gasteiger charge is -2.27. The topological polar surface area (TPSA) is 91.4 Å². The average molecular weight is 441 g/mol. The fourth-order valence-corrected chi connectivity index (χ4v) is 5.15. The Balaban J connectivity index is 1.89. The third-order valence-corrected chi connectivity index (χ3v) is 7.01. The van der Waals surface area contributed by atoms with Crippen molar-refractivity contribution in [2.45, 2.75) is 23.5 Å². The van der Waals surface area contributed by atoms with Crippen molar-refractivity contribution in [1.82, 2.24) is 4.31 Å². The van der Waals surface area contributed by atoms with Gasteiger partial charge in [0.2, 0.25) is 15.7 Å². The number of ether oxygens (including phenoxy) is 1. The number of β-amino-alcohol motifs (C(OH)–C–C–N with tert-alkyl or cyclic N) is 1. The van der Waals surface area contributed by atoms with Crippen LogP contribution in [0.2, 0.25) is 5.02 Å². The fraction of sp³-hybridized carbons (Fsp3) is 0.316. The molecule has 0 saturated carbocycles. The molecule has 1 saturated heterocycles. The van der Waals surface area contributed by atoms with Crippen LogP contribution in [0.1, 0.15) is 5.56 Å². The lowest BCUT2D eigenvalue weighted by molar-refractivity contribution is -0.0641. The quantitative estimate of drug-likeness (QED) is 0.697. The number of halogens is 2. The SMILES string of the molecule is [C-]#[N+]c1ccc(O[C@H]2CN(S(=O)(=O)c3ccc(C)cc3Cl)C[C@@]2(O)CO)cc1F. The number of aliphatic hydroxyl groups is 2. The summed E-state index contributed by atoms with van der Waals surface area (Å²) in [7, 11) is -4.07. The second-order valence-corrected chi connectivity index (χ2v) is 9.14. The van der Waals surface area contributed by atoms with Gasteiger partial charge >= 0.3 is 0 Å². The van der Waals surface area contributed by atoms with E-state index in [4.69, 9.17) is 22.9 Å². The molecule has 1 fully saturated rings. The molecule has 0 aliphatic carbocycles. The molecule has 0 spiro atoms. The largest absolute Gasteiger partial charge is 0.486 e. The number of aliphatic hydroxyl groups excluding tert-OH is 1. The number of nitrogens with zero attached hydrogens (tertiary/aromatic N) is 2. The average Bonchev–Trinajstić information content (AvgIpc) is 2.99. The van der Waals surface area contributed by atoms with E-state index in [0.29, 0.717) is 0 Å². The van der Waals surface area contributed by atoms with Gasteiger partial charge in [0.05, 0.1) is 24.7 Å². The Bertz CT molecular complexity index is 1090. The zero-order chi connectivity index (χ0) is 21.4. The van der Waals surface area contributed by atoms with Gasteiger partial charge in [-0.1, -0.05) is 17.7 Å². The van der Waals surface area contributed by atoms with E-state index >= 15 is 0 Å². The summed E-state index contributed by atoms with van der Waals surface area (Å²) in [5.74, 6) is -0.807. The Kier molecular flexibility index (Phi) is 5.85. The highest BCUT2D eigenvalue weighted by atomic mass is 35.5. The van der Waals surface area contributed by atoms with Crippen molar-refractivity contribution in [2.24, 2.45) is 0 Å². The van der Waals surface area contributed by atoms with Gasteiger partial charge in [0.25, 0.3) is 0 Å². The molecular weight excluding hydrogens is 423 g/mol. The first kappa shape index (κ1) is 21.5. The molecule has 1 aliphatic heterocycles. The highest BCUT2D eigenvalue weighted by molar-refractivity contribution is 7.89. The van der Waals surface area contributed by atoms with E-state index in [0.717, 1.165) is 15.9 Å². The molecule has 2 aromatic carbocycles. The molecule has 0 unspecified atom stereocenters. The first-order valence-electron chi connectivity index (χ1n) is 8.54. The monoisotopic (exact) mass is 440 g/mol. The van der Waals surface area contributed by atoms with Gasteiger partial charge in [-0.15, -0.1) is 0 Å². The number of hydrogen-bond acceptors (Lipinski definition) is 5. The van der Waals surface area contributed by atoms with Gasteiger partial charge in [-0.3, -0.25) is 0 Å². The molecular formula is C19H18ClFN2O5S. The van der Waals surface area contributed by atoms with E-state index in [1.165, 1.54) is 24.3 Å². The van der Waals surface area contributed by atoms with E-state index in [1.807, 2.05) is 0 Å². The van der Waals surface area contributed by atoms with Gasteiger partial charge in [0, 0.05) is 12.6 Å². The number of hydrogen-bond donors (Lipinski definition) is 2. The summed E-state index contributed by atoms with van der Waals surface area (Å²) < 4.78 is 46.4. The minimum absolute atomic E-state index is 0.000564. The molecule has 0 bridgehead atoms. The minimum atomic E-state index is -4.07. The normalized spacial score (nSPS) is 22.4. The van der Waals surface area contributed by atoms with Gasteiger partial charge in [-0.05, 0) is 36.8 Å². The van der Waals surface area contributed by atoms with E-state index < -0.39 is 40.7 Å². The first-order valence-corrected chi connectivity index (χ1v) is 10.4. The highest BCUT2D eigenvalue weighted by Gasteiger charge is 2.51. The van der Waals surface area contributed by atoms with Crippen molar-refractivity contribution in [3.63, 3.8) is 0 Å². The predicted octanol–water partition coefficient (Wildman–Crippen LogP) is 2.51. The molecule has 1 heterocycles. The second kappa shape index (κ2) is 7.89. The highest BCUT2D eigenvalue weighted by Crippen LogP contribution is 2.34. The van der Waals surface area contributed by atoms with Gasteiger partial charge in [0.15, 0.2) is 0 Å². The summed E-state index contributed by atoms with van der Waals surface area (Å²) in [5.41, 5.74) is -1.31. The Morgan fingerprint density at radius 2 is 2.10 bits per heavy atom. The maximum atomic E-state index is 13.8. The van der Waals surface area contributed by atoms with Crippen molar-refractivity contribution in [3.05, 3.63) is 64.2 Å². The van der Waals surface area contributed by atoms with Crippen LogP contribution in [0.15, 0.2) is 41.3 Å². The molecule has 7 nitrogen and oxygen atoms in total. The molecule has 3 rings (SSSR count). The maximum absolute atomic E-state index is 13.8. The van der Waals surface area contributed by atoms with E-state index in [1.54, 1.807) is 13.0 Å². The van der Waals surface area contributed by atoms with Crippen LogP contribution in [0.5, 0.6) is 5.75 Å². The standard InChI is InChI=1S/C19H18ClFN2O5S/c1-12-3-6-17(14(20)7-12)29(26,27)23-9-18(19(25,10-23)11-24)28-13-4-5-16(22-2)15(21)8-13/h3-8,18,24-25H,9-11H2,1H3/t18-,19+/m0/s1. The Morgan fingerprint density at radius 3 is 2.69 bits per heavy atom. The number of benzene rings is 2. The molecule has 29 heavy (non-hydrogen) atoms. The van der Waals surface area contributed by atoms with Crippen LogP contribution in [-0.2, 0) is 10.0 Å². The zero-order valence-electron chi connectivity index (χ0n) is 15.3. The third kappa shape index (κ3) is 4.08. The fourth-order valence-electron chi connectivity index (χ4n) is 3.08. The van der Waals surface area contributed by atoms with E-state index in [-0.39, 0.29) is 27.9 Å². The third-order valence-electron chi connectivity index (χ3n) is 4.72. The Labute approximate surface area is 172 Å². The summed E-state index contributed by atoms with van der Waals surface area (Å²) >= 11 is 6.09. The van der Waals surface area contributed by atoms with E-state index in [9.17, 15) is 23.0 Å². The van der Waals surface area contributed by atoms with Crippen LogP contribution in [0.25, 0.3) is 4.85 Å². The van der Waals surface area contributed by atoms with Crippen LogP contribution >= 0.6 is 11.6 Å². The number of sulfonamides is 1. The molecule has 2 aromatic rings. The first-order chi connectivity index (χ1) is 13.6. The van der Waals surface area contributed by atoms with Crippen molar-refractivity contribution in [1.29, 1.82) is 0 Å². The van der Waals surface area contributed by atoms with Crippen LogP contribution in [0, 0.1) is 19.3 Å². The smallest absolute Gasteiger partial charge is 0.244 e. The summed E-state index contributed by atoms with van der Waals surface area (Å²) in [6.07, 6.45) is -1.16. The number of aryl methyl sites for hydroxylation is 1. The molecule has 0 radical (unpaired) electrons. The van der Waals surface area contributed by atoms with Gasteiger partial charge in [-0.2, -0.15) is 4.31 Å². The molecule has 0 amide bonds. The minimum Gasteiger partial charge on any atom is -0.486 e. The zero-order valence-corrected chi connectivity index (χ0v) is 16.9. The molecule has 0 aromatic heterocycles. The van der Waals surface area contributed by atoms with Crippen LogP contribution in [0.4, 0.5) is 10.1 Å².